The zero-order valence-corrected chi connectivity index (χ0v) is 29.7. The zero-order valence-electron chi connectivity index (χ0n) is 28.9. The maximum atomic E-state index is 13.2. The number of unbranched alkanes of at least 4 members (excludes halogenated alkanes) is 1. The fourth-order valence-electron chi connectivity index (χ4n) is 6.67. The first-order valence-corrected chi connectivity index (χ1v) is 18.5. The molecular weight excluding hydrogens is 649 g/mol. The van der Waals surface area contributed by atoms with E-state index in [9.17, 15) is 13.2 Å². The molecule has 1 unspecified atom stereocenters. The molecule has 258 valence electrons. The number of esters is 1. The Morgan fingerprint density at radius 3 is 2.28 bits per heavy atom. The molecule has 0 saturated heterocycles. The van der Waals surface area contributed by atoms with Gasteiger partial charge in [-0.1, -0.05) is 67.9 Å². The molecule has 0 saturated carbocycles. The maximum absolute atomic E-state index is 13.2. The Balaban J connectivity index is 1.40. The number of quaternary nitrogens is 1. The largest absolute Gasteiger partial charge is 0.465 e. The number of benzene rings is 5. The smallest absolute Gasteiger partial charge is 0.339 e. The molecule has 0 spiro atoms. The molecule has 5 aromatic carbocycles. The maximum Gasteiger partial charge on any atom is 0.339 e. The quantitative estimate of drug-likeness (QED) is 0.0559. The fourth-order valence-corrected chi connectivity index (χ4v) is 7.64. The minimum Gasteiger partial charge on any atom is -0.465 e. The molecule has 0 radical (unpaired) electrons. The summed E-state index contributed by atoms with van der Waals surface area (Å²) in [6.45, 7) is 7.65. The van der Waals surface area contributed by atoms with Gasteiger partial charge >= 0.3 is 16.1 Å². The van der Waals surface area contributed by atoms with Crippen molar-refractivity contribution in [3.8, 4) is 17.2 Å². The number of methoxy groups -OCH3 is 1. The molecule has 0 fully saturated rings. The van der Waals surface area contributed by atoms with Crippen LogP contribution in [0.15, 0.2) is 120 Å². The Morgan fingerprint density at radius 2 is 1.54 bits per heavy atom. The summed E-state index contributed by atoms with van der Waals surface area (Å²) in [5.74, 6) is 1.04. The van der Waals surface area contributed by atoms with Crippen molar-refractivity contribution in [2.45, 2.75) is 50.8 Å². The molecule has 50 heavy (non-hydrogen) atoms. The van der Waals surface area contributed by atoms with Crippen LogP contribution in [0.25, 0.3) is 0 Å². The van der Waals surface area contributed by atoms with Gasteiger partial charge in [0, 0.05) is 29.2 Å². The monoisotopic (exact) mass is 691 g/mol. The summed E-state index contributed by atoms with van der Waals surface area (Å²) in [5, 5.41) is 0. The van der Waals surface area contributed by atoms with E-state index in [1.165, 1.54) is 18.7 Å². The molecule has 0 amide bonds. The third-order valence-electron chi connectivity index (χ3n) is 9.40. The summed E-state index contributed by atoms with van der Waals surface area (Å²) in [7, 11) is -2.66. The number of hydrogen-bond donors (Lipinski definition) is 1. The highest BCUT2D eigenvalue weighted by molar-refractivity contribution is 7.87. The average Bonchev–Trinajstić information content (AvgIpc) is 3.15. The fraction of sp³-hybridized carbons (Fsp3) is 0.244. The molecule has 1 aliphatic heterocycles. The number of carbonyl (C=O) groups is 1. The van der Waals surface area contributed by atoms with E-state index in [1.807, 2.05) is 36.4 Å². The minimum absolute atomic E-state index is 0.0486. The Kier molecular flexibility index (Phi) is 10.3. The Hall–Kier alpha value is -5.12. The van der Waals surface area contributed by atoms with Gasteiger partial charge in [0.05, 0.1) is 18.4 Å². The van der Waals surface area contributed by atoms with Crippen molar-refractivity contribution in [3.63, 3.8) is 0 Å². The molecular formula is C41H43N2O6S+. The molecule has 6 rings (SSSR count). The molecule has 0 aliphatic carbocycles. The third-order valence-corrected chi connectivity index (χ3v) is 10.6. The van der Waals surface area contributed by atoms with Crippen molar-refractivity contribution < 1.29 is 26.9 Å². The highest BCUT2D eigenvalue weighted by Gasteiger charge is 2.35. The SMILES string of the molecule is CCCCc1ccc2c(c1)C(c1ccccc1C(=O)OC)c1ccc([N+](CC)(CC)Nc3cccc(S(=O)(=O)Oc4ccccc4)c3)cc1O2. The van der Waals surface area contributed by atoms with E-state index in [1.54, 1.807) is 42.5 Å². The topological polar surface area (TPSA) is 90.9 Å². The van der Waals surface area contributed by atoms with E-state index in [4.69, 9.17) is 13.7 Å². The van der Waals surface area contributed by atoms with Gasteiger partial charge < -0.3 is 13.7 Å². The predicted octanol–water partition coefficient (Wildman–Crippen LogP) is 9.24. The van der Waals surface area contributed by atoms with Gasteiger partial charge in [-0.15, -0.1) is 0 Å². The first-order chi connectivity index (χ1) is 24.2. The van der Waals surface area contributed by atoms with Gasteiger partial charge in [-0.3, -0.25) is 0 Å². The first kappa shape index (κ1) is 34.7. The molecule has 1 N–H and O–H groups in total. The lowest BCUT2D eigenvalue weighted by atomic mass is 9.79. The molecule has 1 aliphatic rings. The van der Waals surface area contributed by atoms with Gasteiger partial charge in [0.25, 0.3) is 0 Å². The number of hydrogen-bond acceptors (Lipinski definition) is 7. The van der Waals surface area contributed by atoms with Crippen molar-refractivity contribution in [1.29, 1.82) is 0 Å². The minimum atomic E-state index is -4.06. The molecule has 5 aromatic rings. The van der Waals surface area contributed by atoms with E-state index in [2.05, 4.69) is 56.5 Å². The van der Waals surface area contributed by atoms with E-state index in [0.29, 0.717) is 34.7 Å². The van der Waals surface area contributed by atoms with Crippen LogP contribution in [0, 0.1) is 0 Å². The van der Waals surface area contributed by atoms with Crippen LogP contribution >= 0.6 is 0 Å². The second-order valence-electron chi connectivity index (χ2n) is 12.4. The van der Waals surface area contributed by atoms with Crippen LogP contribution < -0.4 is 18.9 Å². The number of anilines is 1. The van der Waals surface area contributed by atoms with Gasteiger partial charge in [0.15, 0.2) is 5.69 Å². The number of nitrogens with zero attached hydrogens (tertiary/aromatic N) is 1. The molecule has 8 nitrogen and oxygen atoms in total. The summed E-state index contributed by atoms with van der Waals surface area (Å²) in [6.07, 6.45) is 3.14. The first-order valence-electron chi connectivity index (χ1n) is 17.1. The predicted molar refractivity (Wildman–Crippen MR) is 197 cm³/mol. The normalized spacial score (nSPS) is 13.8. The number of carbonyl (C=O) groups excluding carboxylic acids is 1. The molecule has 0 bridgehead atoms. The van der Waals surface area contributed by atoms with Crippen LogP contribution in [0.1, 0.15) is 72.1 Å². The van der Waals surface area contributed by atoms with Gasteiger partial charge in [-0.25, -0.2) is 10.2 Å². The highest BCUT2D eigenvalue weighted by atomic mass is 32.2. The Morgan fingerprint density at radius 1 is 0.780 bits per heavy atom. The second kappa shape index (κ2) is 14.8. The van der Waals surface area contributed by atoms with Gasteiger partial charge in [-0.05, 0) is 86.3 Å². The zero-order chi connectivity index (χ0) is 35.3. The van der Waals surface area contributed by atoms with Crippen LogP contribution in [0.2, 0.25) is 0 Å². The average molecular weight is 692 g/mol. The van der Waals surface area contributed by atoms with Crippen molar-refractivity contribution in [2.24, 2.45) is 0 Å². The van der Waals surface area contributed by atoms with E-state index < -0.39 is 10.1 Å². The number of aryl methyl sites for hydroxylation is 1. The van der Waals surface area contributed by atoms with Crippen LogP contribution in [-0.2, 0) is 21.3 Å². The molecule has 0 aromatic heterocycles. The number of fused-ring (bicyclic) bond motifs is 2. The summed E-state index contributed by atoms with van der Waals surface area (Å²) in [5.41, 5.74) is 9.72. The molecule has 9 heteroatoms. The van der Waals surface area contributed by atoms with Crippen molar-refractivity contribution in [2.75, 3.05) is 25.6 Å². The highest BCUT2D eigenvalue weighted by Crippen LogP contribution is 2.50. The summed E-state index contributed by atoms with van der Waals surface area (Å²) in [4.78, 5) is 13.1. The lowest BCUT2D eigenvalue weighted by molar-refractivity contribution is 0.0599. The van der Waals surface area contributed by atoms with Crippen LogP contribution in [0.3, 0.4) is 0 Å². The number of nitrogens with one attached hydrogen (secondary N) is 1. The van der Waals surface area contributed by atoms with E-state index >= 15 is 0 Å². The number of rotatable bonds is 13. The van der Waals surface area contributed by atoms with Gasteiger partial charge in [-0.2, -0.15) is 13.0 Å². The third kappa shape index (κ3) is 6.97. The Bertz CT molecular complexity index is 2090. The van der Waals surface area contributed by atoms with Crippen LogP contribution in [0.5, 0.6) is 17.2 Å². The van der Waals surface area contributed by atoms with Gasteiger partial charge in [0.2, 0.25) is 0 Å². The van der Waals surface area contributed by atoms with Crippen molar-refractivity contribution in [1.82, 2.24) is 4.59 Å². The molecule has 1 heterocycles. The lowest BCUT2D eigenvalue weighted by Gasteiger charge is -2.37. The lowest BCUT2D eigenvalue weighted by Crippen LogP contribution is -2.53. The van der Waals surface area contributed by atoms with Gasteiger partial charge in [0.1, 0.15) is 35.2 Å². The second-order valence-corrected chi connectivity index (χ2v) is 13.9. The number of para-hydroxylation sites is 1. The Labute approximate surface area is 294 Å². The van der Waals surface area contributed by atoms with Crippen LogP contribution in [-0.4, -0.2) is 34.6 Å². The van der Waals surface area contributed by atoms with Crippen molar-refractivity contribution >= 4 is 27.5 Å². The number of ether oxygens (including phenoxy) is 2. The summed E-state index contributed by atoms with van der Waals surface area (Å²) in [6, 6.07) is 35.3. The van der Waals surface area contributed by atoms with Crippen molar-refractivity contribution in [3.05, 3.63) is 143 Å². The standard InChI is InChI=1S/C41H43N2O6S/c1-5-8-15-29-22-25-38-37(26-29)40(34-20-12-13-21-35(34)41(44)47-4)36-24-23-31(28-39(36)48-38)43(6-2,7-3)42-30-16-14-19-33(27-30)50(45,46)49-32-17-10-9-11-18-32/h9-14,16-28,40,42H,5-8,15H2,1-4H3/q+1. The van der Waals surface area contributed by atoms with E-state index in [-0.39, 0.29) is 22.5 Å². The summed E-state index contributed by atoms with van der Waals surface area (Å²) >= 11 is 0. The molecule has 1 atom stereocenters. The van der Waals surface area contributed by atoms with E-state index in [0.717, 1.165) is 47.4 Å². The van der Waals surface area contributed by atoms with Crippen LogP contribution in [0.4, 0.5) is 11.4 Å². The summed E-state index contributed by atoms with van der Waals surface area (Å²) < 4.78 is 44.0.